The number of carbonyl (C=O) groups is 1. The van der Waals surface area contributed by atoms with Crippen LogP contribution in [0.5, 0.6) is 5.75 Å². The van der Waals surface area contributed by atoms with Crippen LogP contribution in [0.1, 0.15) is 23.4 Å². The Bertz CT molecular complexity index is 1540. The maximum absolute atomic E-state index is 12.8. The van der Waals surface area contributed by atoms with Gasteiger partial charge >= 0.3 is 0 Å². The van der Waals surface area contributed by atoms with E-state index in [0.29, 0.717) is 12.2 Å². The number of rotatable bonds is 7. The number of nitrogens with one attached hydrogen (secondary N) is 1. The zero-order valence-corrected chi connectivity index (χ0v) is 20.9. The first-order valence-corrected chi connectivity index (χ1v) is 12.3. The highest BCUT2D eigenvalue weighted by Gasteiger charge is 2.16. The molecule has 0 unspecified atom stereocenters. The predicted molar refractivity (Wildman–Crippen MR) is 139 cm³/mol. The summed E-state index contributed by atoms with van der Waals surface area (Å²) >= 11 is 1.51. The second kappa shape index (κ2) is 9.42. The zero-order chi connectivity index (χ0) is 24.5. The number of thioether (sulfide) groups is 1. The molecule has 0 aliphatic carbocycles. The average molecular weight is 487 g/mol. The molecule has 0 aliphatic rings. The maximum Gasteiger partial charge on any atom is 0.225 e. The van der Waals surface area contributed by atoms with E-state index in [0.717, 1.165) is 55.8 Å². The number of fused-ring (bicyclic) bond motifs is 3. The van der Waals surface area contributed by atoms with Crippen LogP contribution >= 0.6 is 11.8 Å². The van der Waals surface area contributed by atoms with Crippen LogP contribution in [0, 0.1) is 20.8 Å². The molecule has 3 heterocycles. The van der Waals surface area contributed by atoms with Gasteiger partial charge in [0.2, 0.25) is 5.91 Å². The first-order chi connectivity index (χ1) is 17.0. The Morgan fingerprint density at radius 2 is 1.86 bits per heavy atom. The lowest BCUT2D eigenvalue weighted by Gasteiger charge is -2.09. The number of hydrogen-bond acceptors (Lipinski definition) is 6. The van der Waals surface area contributed by atoms with Gasteiger partial charge in [-0.3, -0.25) is 9.20 Å². The number of pyridine rings is 1. The molecule has 1 amide bonds. The first-order valence-electron chi connectivity index (χ1n) is 11.3. The van der Waals surface area contributed by atoms with Crippen molar-refractivity contribution in [3.8, 4) is 11.4 Å². The van der Waals surface area contributed by atoms with E-state index < -0.39 is 0 Å². The molecule has 9 heteroatoms. The van der Waals surface area contributed by atoms with Crippen LogP contribution in [-0.4, -0.2) is 43.1 Å². The van der Waals surface area contributed by atoms with Gasteiger partial charge in [0, 0.05) is 23.6 Å². The largest absolute Gasteiger partial charge is 0.497 e. The smallest absolute Gasteiger partial charge is 0.225 e. The molecular weight excluding hydrogens is 460 g/mol. The number of carbonyl (C=O) groups excluding carboxylic acids is 1. The van der Waals surface area contributed by atoms with Crippen LogP contribution < -0.4 is 10.1 Å². The molecule has 178 valence electrons. The molecular formula is C26H26N6O2S. The third-order valence-electron chi connectivity index (χ3n) is 5.99. The highest BCUT2D eigenvalue weighted by molar-refractivity contribution is 7.99. The molecule has 0 fully saturated rings. The number of aromatic nitrogens is 5. The summed E-state index contributed by atoms with van der Waals surface area (Å²) in [4.78, 5) is 12.8. The summed E-state index contributed by atoms with van der Waals surface area (Å²) < 4.78 is 9.30. The molecule has 0 aliphatic heterocycles. The fourth-order valence-corrected chi connectivity index (χ4v) is 5.09. The number of hydrogen-bond donors (Lipinski definition) is 1. The third kappa shape index (κ3) is 4.35. The van der Waals surface area contributed by atoms with Crippen molar-refractivity contribution in [3.05, 3.63) is 71.5 Å². The Morgan fingerprint density at radius 1 is 1.06 bits per heavy atom. The molecule has 3 aromatic heterocycles. The minimum absolute atomic E-state index is 0.0625. The molecule has 5 rings (SSSR count). The van der Waals surface area contributed by atoms with Gasteiger partial charge in [0.05, 0.1) is 35.4 Å². The molecule has 1 N–H and O–H groups in total. The molecule has 35 heavy (non-hydrogen) atoms. The van der Waals surface area contributed by atoms with Crippen molar-refractivity contribution in [1.29, 1.82) is 0 Å². The number of ether oxygens (including phenoxy) is 1. The normalized spacial score (nSPS) is 11.3. The molecule has 0 saturated heterocycles. The lowest BCUT2D eigenvalue weighted by atomic mass is 10.1. The monoisotopic (exact) mass is 486 g/mol. The summed E-state index contributed by atoms with van der Waals surface area (Å²) in [5.74, 6) is 1.28. The fourth-order valence-electron chi connectivity index (χ4n) is 4.20. The van der Waals surface area contributed by atoms with E-state index in [4.69, 9.17) is 4.74 Å². The SMILES string of the molecule is COc1ccc2c(C)cc3nnc(SCCC(=O)Nc4c(C)nn(-c5ccccc5)c4C)n3c2c1. The van der Waals surface area contributed by atoms with Crippen LogP contribution in [0.4, 0.5) is 5.69 Å². The van der Waals surface area contributed by atoms with Crippen molar-refractivity contribution in [1.82, 2.24) is 24.4 Å². The quantitative estimate of drug-likeness (QED) is 0.321. The van der Waals surface area contributed by atoms with E-state index in [1.807, 2.05) is 77.5 Å². The zero-order valence-electron chi connectivity index (χ0n) is 20.1. The average Bonchev–Trinajstić information content (AvgIpc) is 3.40. The van der Waals surface area contributed by atoms with Gasteiger partial charge < -0.3 is 10.1 Å². The number of nitrogens with zero attached hydrogens (tertiary/aromatic N) is 5. The standard InChI is InChI=1S/C26H26N6O2S/c1-16-14-23-28-29-26(31(23)22-15-20(34-4)10-11-21(16)22)35-13-12-24(33)27-25-17(2)30-32(18(25)3)19-8-6-5-7-9-19/h5-11,14-15H,12-13H2,1-4H3,(H,27,33). The minimum atomic E-state index is -0.0625. The van der Waals surface area contributed by atoms with Crippen molar-refractivity contribution < 1.29 is 9.53 Å². The Kier molecular flexibility index (Phi) is 6.17. The van der Waals surface area contributed by atoms with Gasteiger partial charge in [-0.2, -0.15) is 5.10 Å². The molecule has 0 saturated carbocycles. The number of anilines is 1. The second-order valence-corrected chi connectivity index (χ2v) is 9.39. The molecule has 0 atom stereocenters. The van der Waals surface area contributed by atoms with Crippen molar-refractivity contribution in [2.24, 2.45) is 0 Å². The van der Waals surface area contributed by atoms with E-state index in [1.54, 1.807) is 7.11 Å². The number of amides is 1. The van der Waals surface area contributed by atoms with Crippen molar-refractivity contribution >= 4 is 39.9 Å². The minimum Gasteiger partial charge on any atom is -0.497 e. The third-order valence-corrected chi connectivity index (χ3v) is 6.92. The second-order valence-electron chi connectivity index (χ2n) is 8.33. The van der Waals surface area contributed by atoms with Crippen LogP contribution in [0.25, 0.3) is 22.2 Å². The highest BCUT2D eigenvalue weighted by Crippen LogP contribution is 2.29. The fraction of sp³-hybridized carbons (Fsp3) is 0.231. The summed E-state index contributed by atoms with van der Waals surface area (Å²) in [6, 6.07) is 17.9. The van der Waals surface area contributed by atoms with Gasteiger partial charge in [-0.1, -0.05) is 30.0 Å². The topological polar surface area (TPSA) is 86.3 Å². The van der Waals surface area contributed by atoms with E-state index in [9.17, 15) is 4.79 Å². The Hall–Kier alpha value is -3.85. The Labute approximate surface area is 207 Å². The molecule has 0 spiro atoms. The van der Waals surface area contributed by atoms with Gasteiger partial charge in [-0.25, -0.2) is 4.68 Å². The first kappa shape index (κ1) is 22.9. The van der Waals surface area contributed by atoms with Crippen LogP contribution in [-0.2, 0) is 4.79 Å². The van der Waals surface area contributed by atoms with Gasteiger partial charge in [0.1, 0.15) is 5.75 Å². The van der Waals surface area contributed by atoms with Crippen molar-refractivity contribution in [3.63, 3.8) is 0 Å². The van der Waals surface area contributed by atoms with E-state index in [1.165, 1.54) is 11.8 Å². The molecule has 5 aromatic rings. The molecule has 0 radical (unpaired) electrons. The summed E-state index contributed by atoms with van der Waals surface area (Å²) in [6.07, 6.45) is 0.335. The Balaban J connectivity index is 1.31. The van der Waals surface area contributed by atoms with Gasteiger partial charge in [0.15, 0.2) is 10.8 Å². The molecule has 8 nitrogen and oxygen atoms in total. The molecule has 0 bridgehead atoms. The van der Waals surface area contributed by atoms with Crippen molar-refractivity contribution in [2.45, 2.75) is 32.3 Å². The van der Waals surface area contributed by atoms with Gasteiger partial charge in [-0.15, -0.1) is 10.2 Å². The van der Waals surface area contributed by atoms with E-state index in [-0.39, 0.29) is 5.91 Å². The predicted octanol–water partition coefficient (Wildman–Crippen LogP) is 5.12. The van der Waals surface area contributed by atoms with Gasteiger partial charge in [0.25, 0.3) is 0 Å². The summed E-state index contributed by atoms with van der Waals surface area (Å²) in [5, 5.41) is 18.2. The lowest BCUT2D eigenvalue weighted by molar-refractivity contribution is -0.115. The number of aryl methyl sites for hydroxylation is 2. The summed E-state index contributed by atoms with van der Waals surface area (Å²) in [6.45, 7) is 5.92. The highest BCUT2D eigenvalue weighted by atomic mass is 32.2. The van der Waals surface area contributed by atoms with Crippen LogP contribution in [0.3, 0.4) is 0 Å². The summed E-state index contributed by atoms with van der Waals surface area (Å²) in [7, 11) is 1.65. The lowest BCUT2D eigenvalue weighted by Crippen LogP contribution is -2.13. The number of benzene rings is 2. The molecule has 2 aromatic carbocycles. The summed E-state index contributed by atoms with van der Waals surface area (Å²) in [5.41, 5.74) is 6.28. The van der Waals surface area contributed by atoms with E-state index in [2.05, 4.69) is 27.5 Å². The van der Waals surface area contributed by atoms with Crippen LogP contribution in [0.15, 0.2) is 59.8 Å². The number of methoxy groups -OCH3 is 1. The van der Waals surface area contributed by atoms with E-state index >= 15 is 0 Å². The van der Waals surface area contributed by atoms with Gasteiger partial charge in [-0.05, 0) is 56.7 Å². The van der Waals surface area contributed by atoms with Crippen molar-refractivity contribution in [2.75, 3.05) is 18.2 Å². The van der Waals surface area contributed by atoms with Crippen LogP contribution in [0.2, 0.25) is 0 Å². The maximum atomic E-state index is 12.8. The Morgan fingerprint density at radius 3 is 2.63 bits per heavy atom. The number of para-hydroxylation sites is 1.